The smallest absolute Gasteiger partial charge is 0.190 e. The average Bonchev–Trinajstić information content (AvgIpc) is 3.08. The van der Waals surface area contributed by atoms with E-state index in [0.29, 0.717) is 0 Å². The molecular formula is C16H23ClN6. The second-order valence-corrected chi connectivity index (χ2v) is 5.65. The third kappa shape index (κ3) is 6.69. The van der Waals surface area contributed by atoms with Gasteiger partial charge < -0.3 is 15.2 Å². The van der Waals surface area contributed by atoms with Gasteiger partial charge in [0.15, 0.2) is 5.96 Å². The van der Waals surface area contributed by atoms with Crippen LogP contribution in [0.3, 0.4) is 0 Å². The van der Waals surface area contributed by atoms with Gasteiger partial charge in [0.05, 0.1) is 0 Å². The highest BCUT2D eigenvalue weighted by atomic mass is 35.5. The van der Waals surface area contributed by atoms with Crippen molar-refractivity contribution >= 4 is 17.6 Å². The third-order valence-electron chi connectivity index (χ3n) is 3.45. The quantitative estimate of drug-likeness (QED) is 0.441. The maximum Gasteiger partial charge on any atom is 0.190 e. The summed E-state index contributed by atoms with van der Waals surface area (Å²) in [5.41, 5.74) is 1.26. The lowest BCUT2D eigenvalue weighted by Crippen LogP contribution is -2.38. The third-order valence-corrected chi connectivity index (χ3v) is 3.70. The van der Waals surface area contributed by atoms with Crippen molar-refractivity contribution in [2.45, 2.75) is 25.8 Å². The molecule has 124 valence electrons. The lowest BCUT2D eigenvalue weighted by molar-refractivity contribution is 0.597. The second-order valence-electron chi connectivity index (χ2n) is 5.21. The van der Waals surface area contributed by atoms with E-state index in [2.05, 4.69) is 25.8 Å². The number of nitrogens with one attached hydrogen (secondary N) is 2. The minimum Gasteiger partial charge on any atom is -0.356 e. The summed E-state index contributed by atoms with van der Waals surface area (Å²) in [6.07, 6.45) is 6.56. The van der Waals surface area contributed by atoms with E-state index in [4.69, 9.17) is 11.6 Å². The van der Waals surface area contributed by atoms with E-state index in [0.717, 1.165) is 49.9 Å². The maximum atomic E-state index is 5.88. The Morgan fingerprint density at radius 3 is 2.48 bits per heavy atom. The van der Waals surface area contributed by atoms with E-state index in [1.54, 1.807) is 19.7 Å². The molecule has 0 radical (unpaired) electrons. The Bertz CT molecular complexity index is 579. The van der Waals surface area contributed by atoms with Crippen LogP contribution < -0.4 is 10.6 Å². The summed E-state index contributed by atoms with van der Waals surface area (Å²) in [5.74, 6) is 0.836. The summed E-state index contributed by atoms with van der Waals surface area (Å²) in [6.45, 7) is 2.67. The highest BCUT2D eigenvalue weighted by molar-refractivity contribution is 6.30. The fourth-order valence-corrected chi connectivity index (χ4v) is 2.29. The normalized spacial score (nSPS) is 11.5. The van der Waals surface area contributed by atoms with Crippen LogP contribution in [0, 0.1) is 0 Å². The number of aliphatic imine (C=N–C) groups is 1. The van der Waals surface area contributed by atoms with Crippen LogP contribution in [0.5, 0.6) is 0 Å². The zero-order valence-corrected chi connectivity index (χ0v) is 14.1. The minimum absolute atomic E-state index is 0.769. The number of rotatable bonds is 8. The first-order valence-corrected chi connectivity index (χ1v) is 8.17. The molecule has 1 aromatic heterocycles. The number of unbranched alkanes of at least 4 members (excludes halogenated alkanes) is 1. The van der Waals surface area contributed by atoms with Crippen molar-refractivity contribution in [3.63, 3.8) is 0 Å². The Morgan fingerprint density at radius 2 is 1.78 bits per heavy atom. The lowest BCUT2D eigenvalue weighted by Gasteiger charge is -2.12. The van der Waals surface area contributed by atoms with Crippen molar-refractivity contribution in [1.29, 1.82) is 0 Å². The van der Waals surface area contributed by atoms with Gasteiger partial charge in [-0.2, -0.15) is 0 Å². The molecule has 0 atom stereocenters. The summed E-state index contributed by atoms with van der Waals surface area (Å²) in [6, 6.07) is 7.93. The maximum absolute atomic E-state index is 5.88. The van der Waals surface area contributed by atoms with Gasteiger partial charge in [0, 0.05) is 31.7 Å². The Morgan fingerprint density at radius 1 is 1.09 bits per heavy atom. The number of halogens is 1. The first-order valence-electron chi connectivity index (χ1n) is 7.79. The molecule has 0 saturated heterocycles. The van der Waals surface area contributed by atoms with Crippen molar-refractivity contribution in [3.05, 3.63) is 47.5 Å². The molecule has 23 heavy (non-hydrogen) atoms. The van der Waals surface area contributed by atoms with Crippen molar-refractivity contribution < 1.29 is 0 Å². The van der Waals surface area contributed by atoms with E-state index >= 15 is 0 Å². The molecule has 0 aliphatic carbocycles. The lowest BCUT2D eigenvalue weighted by atomic mass is 10.1. The Balaban J connectivity index is 1.57. The van der Waals surface area contributed by atoms with Gasteiger partial charge >= 0.3 is 0 Å². The average molecular weight is 335 g/mol. The molecule has 2 aromatic rings. The first-order chi connectivity index (χ1) is 11.3. The van der Waals surface area contributed by atoms with Gasteiger partial charge in [0.2, 0.25) is 0 Å². The molecule has 0 spiro atoms. The van der Waals surface area contributed by atoms with Gasteiger partial charge in [-0.3, -0.25) is 4.99 Å². The molecule has 0 saturated carbocycles. The molecule has 1 aromatic carbocycles. The number of aryl methyl sites for hydroxylation is 1. The van der Waals surface area contributed by atoms with Gasteiger partial charge in [-0.1, -0.05) is 23.7 Å². The Kier molecular flexibility index (Phi) is 7.39. The number of hydrogen-bond donors (Lipinski definition) is 2. The molecule has 6 nitrogen and oxygen atoms in total. The topological polar surface area (TPSA) is 67.1 Å². The van der Waals surface area contributed by atoms with Crippen molar-refractivity contribution in [2.75, 3.05) is 20.1 Å². The van der Waals surface area contributed by atoms with E-state index in [1.807, 2.05) is 28.8 Å². The number of nitrogens with zero attached hydrogens (tertiary/aromatic N) is 4. The Hall–Kier alpha value is -2.08. The predicted octanol–water partition coefficient (Wildman–Crippen LogP) is 2.12. The zero-order chi connectivity index (χ0) is 16.3. The van der Waals surface area contributed by atoms with Crippen LogP contribution in [-0.4, -0.2) is 40.9 Å². The summed E-state index contributed by atoms with van der Waals surface area (Å²) in [5, 5.41) is 15.0. The van der Waals surface area contributed by atoms with E-state index in [-0.39, 0.29) is 0 Å². The molecule has 0 amide bonds. The molecule has 7 heteroatoms. The monoisotopic (exact) mass is 334 g/mol. The first kappa shape index (κ1) is 17.3. The molecule has 0 unspecified atom stereocenters. The molecule has 0 aliphatic heterocycles. The predicted molar refractivity (Wildman–Crippen MR) is 93.8 cm³/mol. The van der Waals surface area contributed by atoms with E-state index < -0.39 is 0 Å². The van der Waals surface area contributed by atoms with Gasteiger partial charge in [-0.15, -0.1) is 10.2 Å². The summed E-state index contributed by atoms with van der Waals surface area (Å²) in [4.78, 5) is 4.23. The largest absolute Gasteiger partial charge is 0.356 e. The van der Waals surface area contributed by atoms with Crippen LogP contribution in [0.1, 0.15) is 18.4 Å². The van der Waals surface area contributed by atoms with Crippen LogP contribution >= 0.6 is 11.6 Å². The van der Waals surface area contributed by atoms with Crippen LogP contribution in [0.25, 0.3) is 0 Å². The molecule has 2 N–H and O–H groups in total. The van der Waals surface area contributed by atoms with E-state index in [1.165, 1.54) is 5.56 Å². The molecule has 0 fully saturated rings. The Labute approximate surface area is 142 Å². The van der Waals surface area contributed by atoms with Crippen LogP contribution in [0.2, 0.25) is 5.02 Å². The standard InChI is InChI=1S/C16H23ClN6/c1-18-16(19-9-2-3-11-23-12-21-22-13-23)20-10-8-14-4-6-15(17)7-5-14/h4-7,12-13H,2-3,8-11H2,1H3,(H2,18,19,20). The van der Waals surface area contributed by atoms with Crippen LogP contribution in [-0.2, 0) is 13.0 Å². The fraction of sp³-hybridized carbons (Fsp3) is 0.438. The summed E-state index contributed by atoms with van der Waals surface area (Å²) >= 11 is 5.88. The molecule has 0 aliphatic rings. The minimum atomic E-state index is 0.769. The van der Waals surface area contributed by atoms with Crippen molar-refractivity contribution in [2.24, 2.45) is 4.99 Å². The molecule has 1 heterocycles. The second kappa shape index (κ2) is 9.84. The van der Waals surface area contributed by atoms with E-state index in [9.17, 15) is 0 Å². The summed E-state index contributed by atoms with van der Waals surface area (Å²) < 4.78 is 1.99. The number of benzene rings is 1. The van der Waals surface area contributed by atoms with Gasteiger partial charge in [0.1, 0.15) is 12.7 Å². The number of hydrogen-bond acceptors (Lipinski definition) is 3. The highest BCUT2D eigenvalue weighted by Gasteiger charge is 1.98. The van der Waals surface area contributed by atoms with Gasteiger partial charge in [0.25, 0.3) is 0 Å². The van der Waals surface area contributed by atoms with Crippen LogP contribution in [0.4, 0.5) is 0 Å². The van der Waals surface area contributed by atoms with Crippen molar-refractivity contribution in [3.8, 4) is 0 Å². The number of guanidine groups is 1. The highest BCUT2D eigenvalue weighted by Crippen LogP contribution is 2.09. The van der Waals surface area contributed by atoms with Crippen LogP contribution in [0.15, 0.2) is 41.9 Å². The molecule has 0 bridgehead atoms. The molecule has 2 rings (SSSR count). The summed E-state index contributed by atoms with van der Waals surface area (Å²) in [7, 11) is 1.79. The van der Waals surface area contributed by atoms with Gasteiger partial charge in [-0.25, -0.2) is 0 Å². The zero-order valence-electron chi connectivity index (χ0n) is 13.4. The van der Waals surface area contributed by atoms with Crippen molar-refractivity contribution in [1.82, 2.24) is 25.4 Å². The SMILES string of the molecule is CN=C(NCCCCn1cnnc1)NCCc1ccc(Cl)cc1. The van der Waals surface area contributed by atoms with Gasteiger partial charge in [-0.05, 0) is 37.0 Å². The number of aromatic nitrogens is 3. The fourth-order valence-electron chi connectivity index (χ4n) is 2.16. The molecular weight excluding hydrogens is 312 g/mol.